The minimum Gasteiger partial charge on any atom is -0.489 e. The minimum atomic E-state index is 0.140. The number of nitrogens with one attached hydrogen (secondary N) is 1. The molecule has 0 aromatic heterocycles. The molecule has 0 heterocycles. The average Bonchev–Trinajstić information content (AvgIpc) is 2.23. The van der Waals surface area contributed by atoms with Crippen LogP contribution in [-0.4, -0.2) is 12.1 Å². The number of hydrogen-bond donors (Lipinski definition) is 2. The molecular formula is C13H22N2O. The quantitative estimate of drug-likeness (QED) is 0.752. The average molecular weight is 222 g/mol. The Morgan fingerprint density at radius 1 is 1.31 bits per heavy atom. The Hall–Kier alpha value is -1.38. The molecule has 3 N–H and O–H groups in total. The van der Waals surface area contributed by atoms with Crippen LogP contribution in [0.4, 0.5) is 11.4 Å². The summed E-state index contributed by atoms with van der Waals surface area (Å²) in [5, 5.41) is 3.37. The molecule has 16 heavy (non-hydrogen) atoms. The second-order valence-electron chi connectivity index (χ2n) is 4.34. The van der Waals surface area contributed by atoms with Gasteiger partial charge in [0.05, 0.1) is 17.5 Å². The lowest BCUT2D eigenvalue weighted by Crippen LogP contribution is -2.15. The fourth-order valence-corrected chi connectivity index (χ4v) is 1.39. The normalized spacial score (nSPS) is 12.6. The van der Waals surface area contributed by atoms with Crippen molar-refractivity contribution in [1.82, 2.24) is 0 Å². The first-order chi connectivity index (χ1) is 7.54. The largest absolute Gasteiger partial charge is 0.489 e. The summed E-state index contributed by atoms with van der Waals surface area (Å²) in [7, 11) is 0. The first kappa shape index (κ1) is 12.7. The predicted octanol–water partition coefficient (Wildman–Crippen LogP) is 3.27. The maximum absolute atomic E-state index is 6.05. The van der Waals surface area contributed by atoms with Gasteiger partial charge in [-0.25, -0.2) is 0 Å². The van der Waals surface area contributed by atoms with Crippen LogP contribution in [0.15, 0.2) is 18.2 Å². The fourth-order valence-electron chi connectivity index (χ4n) is 1.39. The summed E-state index contributed by atoms with van der Waals surface area (Å²) in [5.74, 6) is 0.753. The molecule has 0 bridgehead atoms. The Bertz CT molecular complexity index is 337. The Morgan fingerprint density at radius 3 is 2.56 bits per heavy atom. The molecule has 0 saturated carbocycles. The molecule has 0 amide bonds. The minimum absolute atomic E-state index is 0.140. The van der Waals surface area contributed by atoms with E-state index in [4.69, 9.17) is 10.5 Å². The van der Waals surface area contributed by atoms with Crippen LogP contribution in [0.1, 0.15) is 34.1 Å². The van der Waals surface area contributed by atoms with E-state index in [2.05, 4.69) is 19.2 Å². The van der Waals surface area contributed by atoms with Gasteiger partial charge in [0.1, 0.15) is 5.75 Å². The van der Waals surface area contributed by atoms with E-state index in [0.717, 1.165) is 17.9 Å². The van der Waals surface area contributed by atoms with Gasteiger partial charge in [-0.2, -0.15) is 0 Å². The lowest BCUT2D eigenvalue weighted by molar-refractivity contribution is 0.244. The number of nitrogen functional groups attached to an aromatic ring is 1. The van der Waals surface area contributed by atoms with Crippen molar-refractivity contribution in [2.75, 3.05) is 11.1 Å². The molecule has 0 aliphatic carbocycles. The Kier molecular flexibility index (Phi) is 4.47. The van der Waals surface area contributed by atoms with Gasteiger partial charge in [-0.15, -0.1) is 0 Å². The van der Waals surface area contributed by atoms with Crippen LogP contribution >= 0.6 is 0 Å². The van der Waals surface area contributed by atoms with Crippen LogP contribution in [0, 0.1) is 0 Å². The smallest absolute Gasteiger partial charge is 0.144 e. The molecule has 0 fully saturated rings. The zero-order chi connectivity index (χ0) is 12.1. The van der Waals surface area contributed by atoms with Gasteiger partial charge in [-0.05, 0) is 39.3 Å². The second kappa shape index (κ2) is 5.64. The molecule has 0 spiro atoms. The number of benzene rings is 1. The standard InChI is InChI=1S/C13H22N2O/c1-5-10(4)15-11-7-6-8-12(13(11)14)16-9(2)3/h6-10,15H,5,14H2,1-4H3. The topological polar surface area (TPSA) is 47.3 Å². The lowest BCUT2D eigenvalue weighted by Gasteiger charge is -2.18. The SMILES string of the molecule is CCC(C)Nc1cccc(OC(C)C)c1N. The maximum Gasteiger partial charge on any atom is 0.144 e. The highest BCUT2D eigenvalue weighted by Gasteiger charge is 2.08. The lowest BCUT2D eigenvalue weighted by atomic mass is 10.2. The van der Waals surface area contributed by atoms with Crippen molar-refractivity contribution < 1.29 is 4.74 Å². The van der Waals surface area contributed by atoms with Crippen LogP contribution in [-0.2, 0) is 0 Å². The van der Waals surface area contributed by atoms with Crippen molar-refractivity contribution in [3.05, 3.63) is 18.2 Å². The Morgan fingerprint density at radius 2 is 2.00 bits per heavy atom. The molecule has 0 saturated heterocycles. The summed E-state index contributed by atoms with van der Waals surface area (Å²) < 4.78 is 5.64. The first-order valence-corrected chi connectivity index (χ1v) is 5.86. The maximum atomic E-state index is 6.05. The van der Waals surface area contributed by atoms with Gasteiger partial charge >= 0.3 is 0 Å². The van der Waals surface area contributed by atoms with Crippen molar-refractivity contribution >= 4 is 11.4 Å². The van der Waals surface area contributed by atoms with Crippen LogP contribution in [0.25, 0.3) is 0 Å². The van der Waals surface area contributed by atoms with E-state index < -0.39 is 0 Å². The number of ether oxygens (including phenoxy) is 1. The molecule has 1 aromatic carbocycles. The summed E-state index contributed by atoms with van der Waals surface area (Å²) in [6, 6.07) is 6.25. The van der Waals surface area contributed by atoms with E-state index in [-0.39, 0.29) is 6.10 Å². The molecule has 90 valence electrons. The van der Waals surface area contributed by atoms with Gasteiger partial charge in [-0.1, -0.05) is 13.0 Å². The van der Waals surface area contributed by atoms with Crippen LogP contribution < -0.4 is 15.8 Å². The van der Waals surface area contributed by atoms with Gasteiger partial charge in [0, 0.05) is 6.04 Å². The third-order valence-corrected chi connectivity index (χ3v) is 2.44. The zero-order valence-electron chi connectivity index (χ0n) is 10.6. The predicted molar refractivity (Wildman–Crippen MR) is 70.0 cm³/mol. The molecule has 0 aliphatic heterocycles. The number of rotatable bonds is 5. The number of hydrogen-bond acceptors (Lipinski definition) is 3. The number of para-hydroxylation sites is 1. The van der Waals surface area contributed by atoms with Gasteiger partial charge in [0.25, 0.3) is 0 Å². The van der Waals surface area contributed by atoms with Gasteiger partial charge in [0.15, 0.2) is 0 Å². The molecule has 3 nitrogen and oxygen atoms in total. The fraction of sp³-hybridized carbons (Fsp3) is 0.538. The molecule has 3 heteroatoms. The zero-order valence-corrected chi connectivity index (χ0v) is 10.6. The highest BCUT2D eigenvalue weighted by Crippen LogP contribution is 2.30. The summed E-state index contributed by atoms with van der Waals surface area (Å²) in [5.41, 5.74) is 7.69. The van der Waals surface area contributed by atoms with E-state index in [9.17, 15) is 0 Å². The van der Waals surface area contributed by atoms with Crippen molar-refractivity contribution in [2.45, 2.75) is 46.3 Å². The molecule has 1 unspecified atom stereocenters. The van der Waals surface area contributed by atoms with E-state index >= 15 is 0 Å². The molecule has 1 aromatic rings. The molecule has 0 aliphatic rings. The molecule has 1 rings (SSSR count). The van der Waals surface area contributed by atoms with Gasteiger partial charge in [-0.3, -0.25) is 0 Å². The third kappa shape index (κ3) is 3.33. The van der Waals surface area contributed by atoms with E-state index in [1.807, 2.05) is 32.0 Å². The number of anilines is 2. The monoisotopic (exact) mass is 222 g/mol. The van der Waals surface area contributed by atoms with Crippen LogP contribution in [0.2, 0.25) is 0 Å². The van der Waals surface area contributed by atoms with Crippen LogP contribution in [0.3, 0.4) is 0 Å². The highest BCUT2D eigenvalue weighted by molar-refractivity contribution is 5.73. The van der Waals surface area contributed by atoms with Gasteiger partial charge < -0.3 is 15.8 Å². The van der Waals surface area contributed by atoms with E-state index in [0.29, 0.717) is 11.7 Å². The third-order valence-electron chi connectivity index (χ3n) is 2.44. The van der Waals surface area contributed by atoms with Crippen molar-refractivity contribution in [1.29, 1.82) is 0 Å². The van der Waals surface area contributed by atoms with E-state index in [1.54, 1.807) is 0 Å². The van der Waals surface area contributed by atoms with Crippen LogP contribution in [0.5, 0.6) is 5.75 Å². The number of nitrogens with two attached hydrogens (primary N) is 1. The summed E-state index contributed by atoms with van der Waals surface area (Å²) >= 11 is 0. The molecular weight excluding hydrogens is 200 g/mol. The molecule has 1 atom stereocenters. The van der Waals surface area contributed by atoms with Crippen molar-refractivity contribution in [2.24, 2.45) is 0 Å². The second-order valence-corrected chi connectivity index (χ2v) is 4.34. The summed E-state index contributed by atoms with van der Waals surface area (Å²) in [6.45, 7) is 8.26. The highest BCUT2D eigenvalue weighted by atomic mass is 16.5. The molecule has 0 radical (unpaired) electrons. The summed E-state index contributed by atoms with van der Waals surface area (Å²) in [4.78, 5) is 0. The van der Waals surface area contributed by atoms with E-state index in [1.165, 1.54) is 0 Å². The Labute approximate surface area is 98.0 Å². The van der Waals surface area contributed by atoms with Crippen molar-refractivity contribution in [3.8, 4) is 5.75 Å². The van der Waals surface area contributed by atoms with Crippen molar-refractivity contribution in [3.63, 3.8) is 0 Å². The summed E-state index contributed by atoms with van der Waals surface area (Å²) in [6.07, 6.45) is 1.20. The van der Waals surface area contributed by atoms with Gasteiger partial charge in [0.2, 0.25) is 0 Å². The Balaban J connectivity index is 2.86. The first-order valence-electron chi connectivity index (χ1n) is 5.86.